The molecule has 0 bridgehead atoms. The number of nitrogens with zero attached hydrogens (tertiary/aromatic N) is 3. The summed E-state index contributed by atoms with van der Waals surface area (Å²) in [6, 6.07) is 3.64. The Morgan fingerprint density at radius 1 is 1.27 bits per heavy atom. The number of carbonyl (C=O) groups is 1. The Morgan fingerprint density at radius 3 is 2.57 bits per heavy atom. The number of aliphatic imine (C=N–C) groups is 1. The highest BCUT2D eigenvalue weighted by molar-refractivity contribution is 5.95. The lowest BCUT2D eigenvalue weighted by Crippen LogP contribution is -2.51. The van der Waals surface area contributed by atoms with Gasteiger partial charge in [-0.2, -0.15) is 0 Å². The van der Waals surface area contributed by atoms with Crippen LogP contribution in [0.4, 0.5) is 22.0 Å². The van der Waals surface area contributed by atoms with E-state index in [4.69, 9.17) is 5.73 Å². The van der Waals surface area contributed by atoms with Crippen molar-refractivity contribution in [1.82, 2.24) is 9.97 Å². The zero-order valence-electron chi connectivity index (χ0n) is 16.2. The molecule has 10 heteroatoms. The van der Waals surface area contributed by atoms with Crippen molar-refractivity contribution >= 4 is 11.6 Å². The fourth-order valence-electron chi connectivity index (χ4n) is 3.25. The van der Waals surface area contributed by atoms with Crippen molar-refractivity contribution in [2.75, 3.05) is 0 Å². The molecule has 0 spiro atoms. The SMILES string of the molecule is C[C@@]1(F)C[C@H](F)[C@@](C)(c2cc(CC(=O)c3cnc(C(F)F)cn3)ccc2F)N=C1N. The second-order valence-electron chi connectivity index (χ2n) is 7.56. The first-order valence-corrected chi connectivity index (χ1v) is 9.05. The Balaban J connectivity index is 1.90. The Bertz CT molecular complexity index is 993. The molecule has 30 heavy (non-hydrogen) atoms. The lowest BCUT2D eigenvalue weighted by Gasteiger charge is -2.39. The first kappa shape index (κ1) is 21.8. The van der Waals surface area contributed by atoms with Crippen LogP contribution in [0.1, 0.15) is 54.0 Å². The van der Waals surface area contributed by atoms with Crippen LogP contribution in [0.25, 0.3) is 0 Å². The first-order valence-electron chi connectivity index (χ1n) is 9.05. The van der Waals surface area contributed by atoms with Crippen molar-refractivity contribution in [2.45, 2.75) is 50.5 Å². The molecule has 3 atom stereocenters. The number of ketones is 1. The van der Waals surface area contributed by atoms with Crippen molar-refractivity contribution in [2.24, 2.45) is 10.7 Å². The monoisotopic (exact) mass is 426 g/mol. The van der Waals surface area contributed by atoms with Crippen molar-refractivity contribution in [1.29, 1.82) is 0 Å². The number of hydrogen-bond acceptors (Lipinski definition) is 5. The Labute approximate surface area is 169 Å². The van der Waals surface area contributed by atoms with Crippen LogP contribution in [-0.2, 0) is 12.0 Å². The van der Waals surface area contributed by atoms with E-state index in [-0.39, 0.29) is 17.7 Å². The molecule has 1 aromatic heterocycles. The van der Waals surface area contributed by atoms with Crippen LogP contribution in [0.15, 0.2) is 35.6 Å². The van der Waals surface area contributed by atoms with E-state index in [2.05, 4.69) is 15.0 Å². The highest BCUT2D eigenvalue weighted by Gasteiger charge is 2.49. The minimum absolute atomic E-state index is 0.145. The van der Waals surface area contributed by atoms with Crippen molar-refractivity contribution in [3.05, 3.63) is 58.9 Å². The molecule has 0 unspecified atom stereocenters. The predicted molar refractivity (Wildman–Crippen MR) is 99.4 cm³/mol. The summed E-state index contributed by atoms with van der Waals surface area (Å²) in [6.45, 7) is 2.40. The molecule has 0 amide bonds. The predicted octanol–water partition coefficient (Wildman–Crippen LogP) is 4.02. The standard InChI is InChI=1S/C20H19F5N4O/c1-19(25)7-16(22)20(2,29-18(19)26)11-5-10(3-4-12(11)21)6-15(30)13-8-28-14(9-27-13)17(23)24/h3-5,8-9,16-17H,6-7H2,1-2H3,(H2,26,29)/t16-,19+,20+/m0/s1. The van der Waals surface area contributed by atoms with Crippen molar-refractivity contribution in [3.63, 3.8) is 0 Å². The quantitative estimate of drug-likeness (QED) is 0.579. The molecular weight excluding hydrogens is 407 g/mol. The average Bonchev–Trinajstić information content (AvgIpc) is 2.67. The smallest absolute Gasteiger partial charge is 0.281 e. The molecule has 3 rings (SSSR count). The normalized spacial score (nSPS) is 26.5. The second-order valence-corrected chi connectivity index (χ2v) is 7.56. The first-order chi connectivity index (χ1) is 13.9. The fraction of sp³-hybridized carbons (Fsp3) is 0.400. The number of carbonyl (C=O) groups excluding carboxylic acids is 1. The van der Waals surface area contributed by atoms with E-state index < -0.39 is 53.4 Å². The van der Waals surface area contributed by atoms with Crippen LogP contribution < -0.4 is 5.73 Å². The highest BCUT2D eigenvalue weighted by Crippen LogP contribution is 2.42. The molecule has 160 valence electrons. The minimum Gasteiger partial charge on any atom is -0.385 e. The number of alkyl halides is 4. The Morgan fingerprint density at radius 2 is 1.97 bits per heavy atom. The minimum atomic E-state index is -2.81. The van der Waals surface area contributed by atoms with Gasteiger partial charge < -0.3 is 5.73 Å². The highest BCUT2D eigenvalue weighted by atomic mass is 19.3. The van der Waals surface area contributed by atoms with Crippen LogP contribution in [0.3, 0.4) is 0 Å². The molecule has 0 saturated heterocycles. The van der Waals surface area contributed by atoms with E-state index in [0.29, 0.717) is 5.56 Å². The number of benzene rings is 1. The maximum absolute atomic E-state index is 14.8. The van der Waals surface area contributed by atoms with E-state index in [1.54, 1.807) is 0 Å². The molecule has 1 aliphatic heterocycles. The summed E-state index contributed by atoms with van der Waals surface area (Å²) in [5.41, 5.74) is 1.15. The van der Waals surface area contributed by atoms with Gasteiger partial charge in [-0.1, -0.05) is 6.07 Å². The van der Waals surface area contributed by atoms with Gasteiger partial charge in [0.2, 0.25) is 0 Å². The molecule has 1 aliphatic rings. The van der Waals surface area contributed by atoms with Gasteiger partial charge in [-0.3, -0.25) is 14.8 Å². The van der Waals surface area contributed by atoms with Crippen LogP contribution >= 0.6 is 0 Å². The maximum atomic E-state index is 14.8. The third kappa shape index (κ3) is 4.03. The van der Waals surface area contributed by atoms with E-state index in [0.717, 1.165) is 25.4 Å². The second kappa shape index (κ2) is 7.73. The summed E-state index contributed by atoms with van der Waals surface area (Å²) < 4.78 is 68.7. The Hall–Kier alpha value is -2.91. The largest absolute Gasteiger partial charge is 0.385 e. The zero-order chi connectivity index (χ0) is 22.3. The summed E-state index contributed by atoms with van der Waals surface area (Å²) in [5.74, 6) is -1.77. The molecule has 1 aromatic carbocycles. The maximum Gasteiger partial charge on any atom is 0.281 e. The van der Waals surface area contributed by atoms with Crippen LogP contribution in [0, 0.1) is 5.82 Å². The zero-order valence-corrected chi connectivity index (χ0v) is 16.2. The van der Waals surface area contributed by atoms with Gasteiger partial charge in [0.1, 0.15) is 34.8 Å². The van der Waals surface area contributed by atoms with Crippen LogP contribution in [-0.4, -0.2) is 33.4 Å². The third-order valence-electron chi connectivity index (χ3n) is 5.18. The lowest BCUT2D eigenvalue weighted by atomic mass is 9.78. The number of amidine groups is 1. The summed E-state index contributed by atoms with van der Waals surface area (Å²) in [7, 11) is 0. The van der Waals surface area contributed by atoms with Gasteiger partial charge in [-0.15, -0.1) is 0 Å². The molecule has 2 aromatic rings. The van der Waals surface area contributed by atoms with Gasteiger partial charge in [-0.25, -0.2) is 26.9 Å². The van der Waals surface area contributed by atoms with Gasteiger partial charge in [0, 0.05) is 18.4 Å². The van der Waals surface area contributed by atoms with Gasteiger partial charge in [-0.05, 0) is 31.5 Å². The lowest BCUT2D eigenvalue weighted by molar-refractivity contribution is 0.0986. The van der Waals surface area contributed by atoms with E-state index >= 15 is 0 Å². The number of Topliss-reactive ketones (excluding diaryl/α,β-unsaturated/α-hetero) is 1. The van der Waals surface area contributed by atoms with E-state index in [9.17, 15) is 26.7 Å². The molecule has 2 heterocycles. The molecule has 0 fully saturated rings. The summed E-state index contributed by atoms with van der Waals surface area (Å²) >= 11 is 0. The third-order valence-corrected chi connectivity index (χ3v) is 5.18. The number of nitrogens with two attached hydrogens (primary N) is 1. The molecule has 0 saturated carbocycles. The number of rotatable bonds is 5. The van der Waals surface area contributed by atoms with Crippen LogP contribution in [0.5, 0.6) is 0 Å². The van der Waals surface area contributed by atoms with E-state index in [1.165, 1.54) is 19.1 Å². The van der Waals surface area contributed by atoms with Crippen molar-refractivity contribution in [3.8, 4) is 0 Å². The van der Waals surface area contributed by atoms with Crippen molar-refractivity contribution < 1.29 is 26.7 Å². The fourth-order valence-corrected chi connectivity index (χ4v) is 3.25. The topological polar surface area (TPSA) is 81.2 Å². The summed E-state index contributed by atoms with van der Waals surface area (Å²) in [6.07, 6.45) is -3.79. The van der Waals surface area contributed by atoms with Gasteiger partial charge in [0.05, 0.1) is 12.4 Å². The number of hydrogen-bond donors (Lipinski definition) is 1. The van der Waals surface area contributed by atoms with Gasteiger partial charge >= 0.3 is 0 Å². The summed E-state index contributed by atoms with van der Waals surface area (Å²) in [4.78, 5) is 23.5. The molecule has 0 radical (unpaired) electrons. The molecule has 5 nitrogen and oxygen atoms in total. The Kier molecular flexibility index (Phi) is 5.62. The molecule has 2 N–H and O–H groups in total. The molecule has 0 aliphatic carbocycles. The van der Waals surface area contributed by atoms with E-state index in [1.807, 2.05) is 0 Å². The number of aromatic nitrogens is 2. The van der Waals surface area contributed by atoms with Crippen LogP contribution in [0.2, 0.25) is 0 Å². The van der Waals surface area contributed by atoms with Gasteiger partial charge in [0.15, 0.2) is 11.5 Å². The summed E-state index contributed by atoms with van der Waals surface area (Å²) in [5, 5.41) is 0. The average molecular weight is 426 g/mol. The number of halogens is 5. The molecular formula is C20H19F5N4O. The van der Waals surface area contributed by atoms with Gasteiger partial charge in [0.25, 0.3) is 6.43 Å².